The number of hydrogen-bond acceptors (Lipinski definition) is 4. The lowest BCUT2D eigenvalue weighted by atomic mass is 10.1. The first kappa shape index (κ1) is 12.8. The Kier molecular flexibility index (Phi) is 3.04. The van der Waals surface area contributed by atoms with Crippen molar-refractivity contribution in [3.05, 3.63) is 41.0 Å². The van der Waals surface area contributed by atoms with E-state index in [1.807, 2.05) is 36.9 Å². The molecule has 1 fully saturated rings. The van der Waals surface area contributed by atoms with Crippen molar-refractivity contribution >= 4 is 11.6 Å². The molecule has 0 N–H and O–H groups in total. The van der Waals surface area contributed by atoms with Gasteiger partial charge >= 0.3 is 0 Å². The first-order valence-corrected chi connectivity index (χ1v) is 6.73. The molecule has 2 heterocycles. The van der Waals surface area contributed by atoms with Gasteiger partial charge in [0.15, 0.2) is 5.82 Å². The molecule has 0 aliphatic carbocycles. The Morgan fingerprint density at radius 3 is 2.55 bits per heavy atom. The van der Waals surface area contributed by atoms with E-state index in [1.165, 1.54) is 0 Å². The Balaban J connectivity index is 1.91. The molecule has 5 heteroatoms. The van der Waals surface area contributed by atoms with Gasteiger partial charge in [-0.1, -0.05) is 23.4 Å². The molecule has 20 heavy (non-hydrogen) atoms. The van der Waals surface area contributed by atoms with Crippen molar-refractivity contribution in [2.75, 3.05) is 11.4 Å². The molecule has 1 aromatic carbocycles. The SMILES string of the molecule is Cc1nc(C2CC(=O)N(c3c(C)cccc3C)C2)no1. The maximum Gasteiger partial charge on any atom is 0.227 e. The molecule has 104 valence electrons. The third-order valence-corrected chi connectivity index (χ3v) is 3.74. The van der Waals surface area contributed by atoms with Crippen LogP contribution in [0.25, 0.3) is 0 Å². The zero-order chi connectivity index (χ0) is 14.3. The fourth-order valence-electron chi connectivity index (χ4n) is 2.81. The number of carbonyl (C=O) groups excluding carboxylic acids is 1. The van der Waals surface area contributed by atoms with Crippen LogP contribution in [0.2, 0.25) is 0 Å². The molecule has 3 rings (SSSR count). The average molecular weight is 271 g/mol. The maximum absolute atomic E-state index is 12.3. The summed E-state index contributed by atoms with van der Waals surface area (Å²) in [5, 5.41) is 3.94. The molecule has 1 aliphatic rings. The van der Waals surface area contributed by atoms with Gasteiger partial charge in [0.05, 0.1) is 0 Å². The second-order valence-electron chi connectivity index (χ2n) is 5.32. The number of aryl methyl sites for hydroxylation is 3. The molecule has 2 aromatic rings. The first-order chi connectivity index (χ1) is 9.56. The zero-order valence-electron chi connectivity index (χ0n) is 11.9. The fourth-order valence-corrected chi connectivity index (χ4v) is 2.81. The molecule has 1 aromatic heterocycles. The lowest BCUT2D eigenvalue weighted by Crippen LogP contribution is -2.26. The molecule has 0 spiro atoms. The van der Waals surface area contributed by atoms with Crippen molar-refractivity contribution in [3.63, 3.8) is 0 Å². The number of nitrogens with zero attached hydrogens (tertiary/aromatic N) is 3. The number of anilines is 1. The molecule has 1 unspecified atom stereocenters. The number of para-hydroxylation sites is 1. The zero-order valence-corrected chi connectivity index (χ0v) is 11.9. The van der Waals surface area contributed by atoms with Crippen molar-refractivity contribution in [1.82, 2.24) is 10.1 Å². The fraction of sp³-hybridized carbons (Fsp3) is 0.400. The van der Waals surface area contributed by atoms with Crippen LogP contribution in [0.1, 0.15) is 35.2 Å². The number of rotatable bonds is 2. The Morgan fingerprint density at radius 1 is 1.25 bits per heavy atom. The highest BCUT2D eigenvalue weighted by molar-refractivity contribution is 5.97. The van der Waals surface area contributed by atoms with Gasteiger partial charge in [-0.05, 0) is 25.0 Å². The van der Waals surface area contributed by atoms with Crippen LogP contribution < -0.4 is 4.90 Å². The van der Waals surface area contributed by atoms with Crippen molar-refractivity contribution in [1.29, 1.82) is 0 Å². The van der Waals surface area contributed by atoms with Crippen LogP contribution in [0.3, 0.4) is 0 Å². The molecular formula is C15H17N3O2. The van der Waals surface area contributed by atoms with Gasteiger partial charge < -0.3 is 9.42 Å². The van der Waals surface area contributed by atoms with Crippen LogP contribution in [0, 0.1) is 20.8 Å². The minimum Gasteiger partial charge on any atom is -0.340 e. The highest BCUT2D eigenvalue weighted by Gasteiger charge is 2.35. The first-order valence-electron chi connectivity index (χ1n) is 6.73. The van der Waals surface area contributed by atoms with Crippen LogP contribution in [0.4, 0.5) is 5.69 Å². The topological polar surface area (TPSA) is 59.2 Å². The molecule has 1 amide bonds. The van der Waals surface area contributed by atoms with Crippen molar-refractivity contribution in [2.45, 2.75) is 33.1 Å². The monoisotopic (exact) mass is 271 g/mol. The maximum atomic E-state index is 12.3. The van der Waals surface area contributed by atoms with E-state index in [0.717, 1.165) is 16.8 Å². The Hall–Kier alpha value is -2.17. The molecule has 5 nitrogen and oxygen atoms in total. The van der Waals surface area contributed by atoms with Gasteiger partial charge in [-0.15, -0.1) is 0 Å². The summed E-state index contributed by atoms with van der Waals surface area (Å²) in [5.74, 6) is 1.30. The van der Waals surface area contributed by atoms with Gasteiger partial charge in [-0.25, -0.2) is 0 Å². The van der Waals surface area contributed by atoms with Crippen LogP contribution >= 0.6 is 0 Å². The predicted molar refractivity (Wildman–Crippen MR) is 74.7 cm³/mol. The summed E-state index contributed by atoms with van der Waals surface area (Å²) in [6, 6.07) is 6.07. The smallest absolute Gasteiger partial charge is 0.227 e. The van der Waals surface area contributed by atoms with E-state index in [4.69, 9.17) is 4.52 Å². The van der Waals surface area contributed by atoms with Gasteiger partial charge in [-0.3, -0.25) is 4.79 Å². The number of hydrogen-bond donors (Lipinski definition) is 0. The second-order valence-corrected chi connectivity index (χ2v) is 5.32. The Labute approximate surface area is 117 Å². The summed E-state index contributed by atoms with van der Waals surface area (Å²) >= 11 is 0. The van der Waals surface area contributed by atoms with Crippen LogP contribution in [-0.2, 0) is 4.79 Å². The molecule has 1 saturated heterocycles. The molecule has 1 aliphatic heterocycles. The predicted octanol–water partition coefficient (Wildman–Crippen LogP) is 2.52. The summed E-state index contributed by atoms with van der Waals surface area (Å²) < 4.78 is 5.01. The lowest BCUT2D eigenvalue weighted by Gasteiger charge is -2.21. The Bertz CT molecular complexity index is 643. The van der Waals surface area contributed by atoms with Crippen LogP contribution in [-0.4, -0.2) is 22.6 Å². The third kappa shape index (κ3) is 2.09. The van der Waals surface area contributed by atoms with Crippen LogP contribution in [0.5, 0.6) is 0 Å². The number of aromatic nitrogens is 2. The van der Waals surface area contributed by atoms with Crippen molar-refractivity contribution in [2.24, 2.45) is 0 Å². The number of carbonyl (C=O) groups is 1. The summed E-state index contributed by atoms with van der Waals surface area (Å²) in [6.45, 7) is 6.43. The van der Waals surface area contributed by atoms with Crippen molar-refractivity contribution in [3.8, 4) is 0 Å². The summed E-state index contributed by atoms with van der Waals surface area (Å²) in [6.07, 6.45) is 0.437. The third-order valence-electron chi connectivity index (χ3n) is 3.74. The quantitative estimate of drug-likeness (QED) is 0.842. The van der Waals surface area contributed by atoms with E-state index in [-0.39, 0.29) is 11.8 Å². The largest absolute Gasteiger partial charge is 0.340 e. The second kappa shape index (κ2) is 4.74. The minimum atomic E-state index is 0.0129. The van der Waals surface area contributed by atoms with E-state index in [9.17, 15) is 4.79 Å². The standard InChI is InChI=1S/C15H17N3O2/c1-9-5-4-6-10(2)14(9)18-8-12(7-13(18)19)15-16-11(3)20-17-15/h4-6,12H,7-8H2,1-3H3. The summed E-state index contributed by atoms with van der Waals surface area (Å²) in [4.78, 5) is 18.4. The molecule has 1 atom stereocenters. The highest BCUT2D eigenvalue weighted by Crippen LogP contribution is 2.34. The van der Waals surface area contributed by atoms with E-state index < -0.39 is 0 Å². The Morgan fingerprint density at radius 2 is 1.95 bits per heavy atom. The molecule has 0 bridgehead atoms. The average Bonchev–Trinajstić information content (AvgIpc) is 2.96. The van der Waals surface area contributed by atoms with Gasteiger partial charge in [0.25, 0.3) is 0 Å². The van der Waals surface area contributed by atoms with Gasteiger partial charge in [0, 0.05) is 31.5 Å². The number of benzene rings is 1. The van der Waals surface area contributed by atoms with E-state index in [2.05, 4.69) is 10.1 Å². The molecule has 0 saturated carbocycles. The number of amides is 1. The van der Waals surface area contributed by atoms with E-state index in [1.54, 1.807) is 6.92 Å². The highest BCUT2D eigenvalue weighted by atomic mass is 16.5. The van der Waals surface area contributed by atoms with Gasteiger partial charge in [-0.2, -0.15) is 4.98 Å². The normalized spacial score (nSPS) is 18.9. The van der Waals surface area contributed by atoms with Crippen LogP contribution in [0.15, 0.2) is 22.7 Å². The minimum absolute atomic E-state index is 0.0129. The lowest BCUT2D eigenvalue weighted by molar-refractivity contribution is -0.117. The van der Waals surface area contributed by atoms with E-state index >= 15 is 0 Å². The molecule has 0 radical (unpaired) electrons. The summed E-state index contributed by atoms with van der Waals surface area (Å²) in [5.41, 5.74) is 3.24. The summed E-state index contributed by atoms with van der Waals surface area (Å²) in [7, 11) is 0. The molecular weight excluding hydrogens is 254 g/mol. The van der Waals surface area contributed by atoms with E-state index in [0.29, 0.717) is 24.7 Å². The van der Waals surface area contributed by atoms with Gasteiger partial charge in [0.1, 0.15) is 0 Å². The van der Waals surface area contributed by atoms with Crippen molar-refractivity contribution < 1.29 is 9.32 Å². The van der Waals surface area contributed by atoms with Gasteiger partial charge in [0.2, 0.25) is 11.8 Å².